The zero-order valence-corrected chi connectivity index (χ0v) is 25.4. The molecule has 0 aliphatic carbocycles. The molecule has 0 fully saturated rings. The predicted octanol–water partition coefficient (Wildman–Crippen LogP) is 8.84. The Morgan fingerprint density at radius 1 is 0.750 bits per heavy atom. The average molecular weight is 608 g/mol. The van der Waals surface area contributed by atoms with Crippen molar-refractivity contribution in [2.45, 2.75) is 6.92 Å². The number of terminal acetylenes is 1. The minimum absolute atomic E-state index is 0.0625. The summed E-state index contributed by atoms with van der Waals surface area (Å²) < 4.78 is 0. The van der Waals surface area contributed by atoms with Gasteiger partial charge in [-0.25, -0.2) is 0 Å². The highest BCUT2D eigenvalue weighted by Crippen LogP contribution is 2.40. The van der Waals surface area contributed by atoms with Crippen molar-refractivity contribution < 1.29 is 9.59 Å². The van der Waals surface area contributed by atoms with Crippen molar-refractivity contribution in [1.82, 2.24) is 4.90 Å². The van der Waals surface area contributed by atoms with E-state index in [0.29, 0.717) is 11.1 Å². The van der Waals surface area contributed by atoms with Gasteiger partial charge >= 0.3 is 0 Å². The van der Waals surface area contributed by atoms with Crippen LogP contribution < -0.4 is 4.90 Å². The third kappa shape index (κ3) is 5.50. The Balaban J connectivity index is 1.26. The Morgan fingerprint density at radius 2 is 1.32 bits per heavy atom. The van der Waals surface area contributed by atoms with Gasteiger partial charge in [-0.1, -0.05) is 54.5 Å². The first kappa shape index (κ1) is 28.6. The lowest BCUT2D eigenvalue weighted by molar-refractivity contribution is -0.139. The highest BCUT2D eigenvalue weighted by molar-refractivity contribution is 7.24. The molecular formula is C37H25N3O2S2. The van der Waals surface area contributed by atoms with E-state index in [4.69, 9.17) is 6.42 Å². The summed E-state index contributed by atoms with van der Waals surface area (Å²) in [5, 5.41) is 9.54. The van der Waals surface area contributed by atoms with Crippen LogP contribution in [0, 0.1) is 23.7 Å². The highest BCUT2D eigenvalue weighted by Gasteiger charge is 2.35. The maximum absolute atomic E-state index is 13.1. The lowest BCUT2D eigenvalue weighted by Gasteiger charge is -2.25. The zero-order chi connectivity index (χ0) is 30.6. The first-order chi connectivity index (χ1) is 21.5. The van der Waals surface area contributed by atoms with E-state index in [1.54, 1.807) is 35.7 Å². The van der Waals surface area contributed by atoms with Crippen LogP contribution >= 0.6 is 22.7 Å². The van der Waals surface area contributed by atoms with Gasteiger partial charge in [0.25, 0.3) is 11.8 Å². The van der Waals surface area contributed by atoms with Crippen molar-refractivity contribution >= 4 is 57.6 Å². The molecule has 7 heteroatoms. The third-order valence-corrected chi connectivity index (χ3v) is 9.64. The number of nitrogens with zero attached hydrogens (tertiary/aromatic N) is 3. The standard InChI is InChI=1S/C37H25N3O2S2/c1-3-22-39-36(41)31(25(2)32(24-38)37(39)42)23-30-18-19-34(43-30)35-21-20-33(44-35)26-14-16-29(17-15-26)40(27-10-6-4-7-11-27)28-12-8-5-9-13-28/h1,4-21,23H,22H2,2H3. The summed E-state index contributed by atoms with van der Waals surface area (Å²) >= 11 is 3.24. The Labute approximate surface area is 264 Å². The van der Waals surface area contributed by atoms with Crippen LogP contribution in [0.2, 0.25) is 0 Å². The van der Waals surface area contributed by atoms with Crippen LogP contribution in [0.4, 0.5) is 17.1 Å². The molecule has 2 aromatic heterocycles. The van der Waals surface area contributed by atoms with E-state index in [1.807, 2.05) is 54.6 Å². The fraction of sp³-hybridized carbons (Fsp3) is 0.0541. The minimum atomic E-state index is -0.649. The summed E-state index contributed by atoms with van der Waals surface area (Å²) in [7, 11) is 0. The number of anilines is 3. The second-order valence-corrected chi connectivity index (χ2v) is 12.2. The second kappa shape index (κ2) is 12.4. The van der Waals surface area contributed by atoms with Crippen LogP contribution in [0.15, 0.2) is 126 Å². The average Bonchev–Trinajstić information content (AvgIpc) is 3.74. The molecule has 0 saturated carbocycles. The van der Waals surface area contributed by atoms with Crippen LogP contribution in [-0.4, -0.2) is 23.3 Å². The number of hydrogen-bond donors (Lipinski definition) is 0. The maximum atomic E-state index is 13.1. The van der Waals surface area contributed by atoms with Crippen molar-refractivity contribution in [3.63, 3.8) is 0 Å². The molecule has 0 atom stereocenters. The van der Waals surface area contributed by atoms with Crippen LogP contribution in [-0.2, 0) is 9.59 Å². The number of rotatable bonds is 7. The van der Waals surface area contributed by atoms with Crippen LogP contribution in [0.5, 0.6) is 0 Å². The maximum Gasteiger partial charge on any atom is 0.272 e. The monoisotopic (exact) mass is 607 g/mol. The van der Waals surface area contributed by atoms with E-state index in [-0.39, 0.29) is 12.1 Å². The van der Waals surface area contributed by atoms with Gasteiger partial charge in [0.05, 0.1) is 6.54 Å². The number of amides is 2. The van der Waals surface area contributed by atoms with Crippen molar-refractivity contribution in [1.29, 1.82) is 5.26 Å². The van der Waals surface area contributed by atoms with Gasteiger partial charge in [-0.05, 0) is 84.8 Å². The smallest absolute Gasteiger partial charge is 0.272 e. The molecule has 0 saturated heterocycles. The molecule has 3 aromatic carbocycles. The number of para-hydroxylation sites is 2. The van der Waals surface area contributed by atoms with Gasteiger partial charge in [0.15, 0.2) is 0 Å². The Morgan fingerprint density at radius 3 is 1.93 bits per heavy atom. The summed E-state index contributed by atoms with van der Waals surface area (Å²) in [6.07, 6.45) is 7.10. The molecule has 0 unspecified atom stereocenters. The van der Waals surface area contributed by atoms with Gasteiger partial charge in [-0.15, -0.1) is 29.1 Å². The normalized spacial score (nSPS) is 14.1. The van der Waals surface area contributed by atoms with Gasteiger partial charge < -0.3 is 4.90 Å². The predicted molar refractivity (Wildman–Crippen MR) is 180 cm³/mol. The molecule has 6 rings (SSSR count). The molecule has 212 valence electrons. The minimum Gasteiger partial charge on any atom is -0.311 e. The summed E-state index contributed by atoms with van der Waals surface area (Å²) in [6.45, 7) is 1.44. The molecule has 1 aliphatic heterocycles. The quantitative estimate of drug-likeness (QED) is 0.105. The van der Waals surface area contributed by atoms with Crippen molar-refractivity contribution in [2.24, 2.45) is 0 Å². The number of carbonyl (C=O) groups is 2. The Bertz CT molecular complexity index is 1960. The molecule has 1 aliphatic rings. The molecule has 44 heavy (non-hydrogen) atoms. The van der Waals surface area contributed by atoms with Crippen molar-refractivity contribution in [3.8, 4) is 38.6 Å². The molecule has 3 heterocycles. The Hall–Kier alpha value is -5.47. The van der Waals surface area contributed by atoms with E-state index < -0.39 is 11.8 Å². The number of hydrogen-bond acceptors (Lipinski definition) is 6. The molecule has 0 radical (unpaired) electrons. The summed E-state index contributed by atoms with van der Waals surface area (Å²) in [4.78, 5) is 33.0. The topological polar surface area (TPSA) is 64.4 Å². The van der Waals surface area contributed by atoms with E-state index >= 15 is 0 Å². The van der Waals surface area contributed by atoms with Crippen LogP contribution in [0.1, 0.15) is 11.8 Å². The van der Waals surface area contributed by atoms with Gasteiger partial charge in [-0.3, -0.25) is 14.5 Å². The first-order valence-electron chi connectivity index (χ1n) is 13.8. The van der Waals surface area contributed by atoms with E-state index in [2.05, 4.69) is 71.5 Å². The van der Waals surface area contributed by atoms with E-state index in [9.17, 15) is 14.9 Å². The number of benzene rings is 3. The van der Waals surface area contributed by atoms with Crippen LogP contribution in [0.3, 0.4) is 0 Å². The largest absolute Gasteiger partial charge is 0.311 e. The second-order valence-electron chi connectivity index (χ2n) is 9.99. The molecule has 0 N–H and O–H groups in total. The first-order valence-corrected chi connectivity index (χ1v) is 15.4. The fourth-order valence-corrected chi connectivity index (χ4v) is 7.12. The number of thiophene rings is 2. The number of nitriles is 1. The summed E-state index contributed by atoms with van der Waals surface area (Å²) in [6, 6.07) is 39.4. The third-order valence-electron chi connectivity index (χ3n) is 7.28. The number of imide groups is 1. The van der Waals surface area contributed by atoms with Crippen molar-refractivity contribution in [2.75, 3.05) is 11.4 Å². The van der Waals surface area contributed by atoms with Crippen LogP contribution in [0.25, 0.3) is 26.3 Å². The fourth-order valence-electron chi connectivity index (χ4n) is 5.07. The molecule has 0 bridgehead atoms. The number of carbonyl (C=O) groups excluding carboxylic acids is 2. The summed E-state index contributed by atoms with van der Waals surface area (Å²) in [5.74, 6) is 1.20. The van der Waals surface area contributed by atoms with Gasteiger partial charge in [0.2, 0.25) is 0 Å². The van der Waals surface area contributed by atoms with Gasteiger partial charge in [0.1, 0.15) is 11.6 Å². The lowest BCUT2D eigenvalue weighted by Crippen LogP contribution is -2.42. The van der Waals surface area contributed by atoms with E-state index in [1.165, 1.54) is 0 Å². The zero-order valence-electron chi connectivity index (χ0n) is 23.7. The SMILES string of the molecule is C#CCN1C(=O)C(=Cc2ccc(-c3ccc(-c4ccc(N(c5ccccc5)c5ccccc5)cc4)s3)s2)C(C)=C(C#N)C1=O. The van der Waals surface area contributed by atoms with Gasteiger partial charge in [0, 0.05) is 42.1 Å². The molecule has 5 nitrogen and oxygen atoms in total. The molecule has 0 spiro atoms. The van der Waals surface area contributed by atoms with E-state index in [0.717, 1.165) is 47.0 Å². The molecule has 2 amide bonds. The van der Waals surface area contributed by atoms with Gasteiger partial charge in [-0.2, -0.15) is 5.26 Å². The lowest BCUT2D eigenvalue weighted by atomic mass is 9.95. The Kier molecular flexibility index (Phi) is 8.08. The van der Waals surface area contributed by atoms with Crippen molar-refractivity contribution in [3.05, 3.63) is 131 Å². The summed E-state index contributed by atoms with van der Waals surface area (Å²) in [5.41, 5.74) is 4.99. The molecular weight excluding hydrogens is 583 g/mol. The highest BCUT2D eigenvalue weighted by atomic mass is 32.1. The molecule has 5 aromatic rings.